The topological polar surface area (TPSA) is 12.9 Å². The van der Waals surface area contributed by atoms with Gasteiger partial charge in [-0.3, -0.25) is 0 Å². The summed E-state index contributed by atoms with van der Waals surface area (Å²) in [7, 11) is 0. The van der Waals surface area contributed by atoms with Crippen molar-refractivity contribution in [2.45, 2.75) is 24.5 Å². The molecule has 0 atom stereocenters. The van der Waals surface area contributed by atoms with Crippen LogP contribution >= 0.6 is 34.7 Å². The lowest BCUT2D eigenvalue weighted by Crippen LogP contribution is -2.10. The molecule has 12 heavy (non-hydrogen) atoms. The minimum atomic E-state index is 0.120. The predicted molar refractivity (Wildman–Crippen MR) is 58.2 cm³/mol. The normalized spacial score (nSPS) is 12.0. The number of thioether (sulfide) groups is 1. The monoisotopic (exact) mass is 221 g/mol. The molecule has 1 aromatic heterocycles. The molecule has 1 heterocycles. The Labute approximate surface area is 86.5 Å². The van der Waals surface area contributed by atoms with Gasteiger partial charge in [0.2, 0.25) is 0 Å². The van der Waals surface area contributed by atoms with Gasteiger partial charge in [-0.1, -0.05) is 0 Å². The number of alkyl halides is 1. The Morgan fingerprint density at radius 2 is 2.33 bits per heavy atom. The average molecular weight is 222 g/mol. The summed E-state index contributed by atoms with van der Waals surface area (Å²) in [5, 5.41) is 3.19. The Morgan fingerprint density at radius 1 is 1.67 bits per heavy atom. The molecule has 0 amide bonds. The van der Waals surface area contributed by atoms with Crippen molar-refractivity contribution in [3.05, 3.63) is 16.1 Å². The van der Waals surface area contributed by atoms with Crippen molar-refractivity contribution >= 4 is 34.7 Å². The maximum absolute atomic E-state index is 5.67. The summed E-state index contributed by atoms with van der Waals surface area (Å²) < 4.78 is 0.120. The standard InChI is InChI=1S/C8H12ClNS2/c1-8(2,11-3)7-10-6(4-9)5-12-7/h5H,4H2,1-3H3. The molecule has 0 aromatic carbocycles. The lowest BCUT2D eigenvalue weighted by molar-refractivity contribution is 0.770. The van der Waals surface area contributed by atoms with Crippen molar-refractivity contribution < 1.29 is 0 Å². The molecular formula is C8H12ClNS2. The van der Waals surface area contributed by atoms with Crippen molar-refractivity contribution in [2.75, 3.05) is 6.26 Å². The van der Waals surface area contributed by atoms with E-state index in [1.807, 2.05) is 17.1 Å². The summed E-state index contributed by atoms with van der Waals surface area (Å²) in [5.41, 5.74) is 0.985. The molecule has 4 heteroatoms. The molecule has 0 aliphatic heterocycles. The van der Waals surface area contributed by atoms with Crippen molar-refractivity contribution in [3.63, 3.8) is 0 Å². The minimum absolute atomic E-state index is 0.120. The summed E-state index contributed by atoms with van der Waals surface area (Å²) in [4.78, 5) is 4.44. The minimum Gasteiger partial charge on any atom is -0.244 e. The summed E-state index contributed by atoms with van der Waals surface area (Å²) >= 11 is 9.17. The van der Waals surface area contributed by atoms with Crippen molar-refractivity contribution in [1.29, 1.82) is 0 Å². The molecule has 0 aliphatic rings. The third-order valence-electron chi connectivity index (χ3n) is 1.71. The van der Waals surface area contributed by atoms with E-state index in [4.69, 9.17) is 11.6 Å². The molecule has 0 aliphatic carbocycles. The first-order valence-corrected chi connectivity index (χ1v) is 6.30. The molecule has 1 aromatic rings. The van der Waals surface area contributed by atoms with Crippen LogP contribution in [0.5, 0.6) is 0 Å². The number of halogens is 1. The second-order valence-electron chi connectivity index (χ2n) is 2.99. The fraction of sp³-hybridized carbons (Fsp3) is 0.625. The first-order valence-electron chi connectivity index (χ1n) is 3.66. The maximum atomic E-state index is 5.67. The number of hydrogen-bond donors (Lipinski definition) is 0. The van der Waals surface area contributed by atoms with E-state index in [1.165, 1.54) is 0 Å². The van der Waals surface area contributed by atoms with Gasteiger partial charge in [-0.25, -0.2) is 4.98 Å². The third-order valence-corrected chi connectivity index (χ3v) is 4.55. The Kier molecular flexibility index (Phi) is 3.44. The molecule has 68 valence electrons. The van der Waals surface area contributed by atoms with E-state index in [0.29, 0.717) is 5.88 Å². The van der Waals surface area contributed by atoms with Crippen LogP contribution in [0, 0.1) is 0 Å². The highest BCUT2D eigenvalue weighted by Gasteiger charge is 2.22. The van der Waals surface area contributed by atoms with Gasteiger partial charge in [0.25, 0.3) is 0 Å². The quantitative estimate of drug-likeness (QED) is 0.725. The van der Waals surface area contributed by atoms with Crippen LogP contribution in [-0.4, -0.2) is 11.2 Å². The third kappa shape index (κ3) is 2.15. The molecule has 1 rings (SSSR count). The smallest absolute Gasteiger partial charge is 0.108 e. The van der Waals surface area contributed by atoms with Gasteiger partial charge in [0, 0.05) is 5.38 Å². The number of thiazole rings is 1. The van der Waals surface area contributed by atoms with Crippen LogP contribution in [0.15, 0.2) is 5.38 Å². The second kappa shape index (κ2) is 3.99. The molecule has 0 spiro atoms. The summed E-state index contributed by atoms with van der Waals surface area (Å²) in [6.45, 7) is 4.35. The van der Waals surface area contributed by atoms with Gasteiger partial charge in [0.1, 0.15) is 5.01 Å². The van der Waals surface area contributed by atoms with E-state index >= 15 is 0 Å². The van der Waals surface area contributed by atoms with Gasteiger partial charge < -0.3 is 0 Å². The molecule has 0 fully saturated rings. The maximum Gasteiger partial charge on any atom is 0.108 e. The molecule has 0 radical (unpaired) electrons. The van der Waals surface area contributed by atoms with Gasteiger partial charge in [-0.05, 0) is 20.1 Å². The van der Waals surface area contributed by atoms with Crippen LogP contribution < -0.4 is 0 Å². The average Bonchev–Trinajstić information content (AvgIpc) is 2.52. The fourth-order valence-corrected chi connectivity index (χ4v) is 2.41. The Hall–Kier alpha value is 0.270. The lowest BCUT2D eigenvalue weighted by Gasteiger charge is -2.18. The molecular weight excluding hydrogens is 210 g/mol. The zero-order valence-electron chi connectivity index (χ0n) is 7.43. The van der Waals surface area contributed by atoms with Crippen molar-refractivity contribution in [3.8, 4) is 0 Å². The zero-order valence-corrected chi connectivity index (χ0v) is 9.82. The van der Waals surface area contributed by atoms with Gasteiger partial charge in [-0.15, -0.1) is 22.9 Å². The summed E-state index contributed by atoms with van der Waals surface area (Å²) in [5.74, 6) is 0.515. The van der Waals surface area contributed by atoms with Crippen molar-refractivity contribution in [1.82, 2.24) is 4.98 Å². The van der Waals surface area contributed by atoms with Gasteiger partial charge in [0.15, 0.2) is 0 Å². The molecule has 0 unspecified atom stereocenters. The molecule has 0 saturated heterocycles. The van der Waals surface area contributed by atoms with Gasteiger partial charge >= 0.3 is 0 Å². The first-order chi connectivity index (χ1) is 5.60. The van der Waals surface area contributed by atoms with Crippen LogP contribution in [0.2, 0.25) is 0 Å². The van der Waals surface area contributed by atoms with Crippen LogP contribution in [0.3, 0.4) is 0 Å². The number of hydrogen-bond acceptors (Lipinski definition) is 3. The Morgan fingerprint density at radius 3 is 2.75 bits per heavy atom. The summed E-state index contributed by atoms with van der Waals surface area (Å²) in [6.07, 6.45) is 2.10. The number of aromatic nitrogens is 1. The highest BCUT2D eigenvalue weighted by Crippen LogP contribution is 2.35. The predicted octanol–water partition coefficient (Wildman–Crippen LogP) is 3.48. The van der Waals surface area contributed by atoms with E-state index in [2.05, 4.69) is 25.1 Å². The second-order valence-corrected chi connectivity index (χ2v) is 5.55. The molecule has 0 saturated carbocycles. The highest BCUT2D eigenvalue weighted by atomic mass is 35.5. The van der Waals surface area contributed by atoms with Crippen LogP contribution in [-0.2, 0) is 10.6 Å². The molecule has 0 bridgehead atoms. The molecule has 1 nitrogen and oxygen atoms in total. The van der Waals surface area contributed by atoms with Gasteiger partial charge in [0.05, 0.1) is 16.3 Å². The van der Waals surface area contributed by atoms with Crippen LogP contribution in [0.4, 0.5) is 0 Å². The summed E-state index contributed by atoms with van der Waals surface area (Å²) in [6, 6.07) is 0. The van der Waals surface area contributed by atoms with E-state index in [0.717, 1.165) is 10.7 Å². The highest BCUT2D eigenvalue weighted by molar-refractivity contribution is 7.99. The fourth-order valence-electron chi connectivity index (χ4n) is 0.732. The van der Waals surface area contributed by atoms with Crippen LogP contribution in [0.1, 0.15) is 24.5 Å². The Balaban J connectivity index is 2.88. The first kappa shape index (κ1) is 10.4. The zero-order chi connectivity index (χ0) is 9.19. The van der Waals surface area contributed by atoms with Gasteiger partial charge in [-0.2, -0.15) is 11.8 Å². The Bertz CT molecular complexity index is 257. The van der Waals surface area contributed by atoms with E-state index in [1.54, 1.807) is 11.3 Å². The number of rotatable bonds is 3. The number of nitrogens with zero attached hydrogens (tertiary/aromatic N) is 1. The van der Waals surface area contributed by atoms with Crippen LogP contribution in [0.25, 0.3) is 0 Å². The molecule has 0 N–H and O–H groups in total. The van der Waals surface area contributed by atoms with E-state index in [9.17, 15) is 0 Å². The van der Waals surface area contributed by atoms with E-state index < -0.39 is 0 Å². The lowest BCUT2D eigenvalue weighted by atomic mass is 10.2. The SMILES string of the molecule is CSC(C)(C)c1nc(CCl)cs1. The van der Waals surface area contributed by atoms with Crippen molar-refractivity contribution in [2.24, 2.45) is 0 Å². The largest absolute Gasteiger partial charge is 0.244 e. The van der Waals surface area contributed by atoms with E-state index in [-0.39, 0.29) is 4.75 Å².